The molecule has 1 aliphatic rings. The monoisotopic (exact) mass is 442 g/mol. The van der Waals surface area contributed by atoms with E-state index in [0.29, 0.717) is 42.3 Å². The second-order valence-electron chi connectivity index (χ2n) is 9.11. The molecule has 3 heterocycles. The molecule has 1 fully saturated rings. The van der Waals surface area contributed by atoms with Gasteiger partial charge >= 0.3 is 0 Å². The highest BCUT2D eigenvalue weighted by atomic mass is 16.3. The zero-order chi connectivity index (χ0) is 23.7. The van der Waals surface area contributed by atoms with Gasteiger partial charge in [0, 0.05) is 31.2 Å². The molecule has 1 saturated heterocycles. The van der Waals surface area contributed by atoms with Gasteiger partial charge in [-0.1, -0.05) is 43.7 Å². The van der Waals surface area contributed by atoms with Crippen LogP contribution in [0.3, 0.4) is 0 Å². The van der Waals surface area contributed by atoms with E-state index < -0.39 is 0 Å². The highest BCUT2D eigenvalue weighted by molar-refractivity contribution is 5.95. The fourth-order valence-electron chi connectivity index (χ4n) is 4.46. The number of aryl methyl sites for hydroxylation is 2. The zero-order valence-electron chi connectivity index (χ0n) is 19.9. The molecular formula is C27H30N4O2. The number of pyridine rings is 1. The van der Waals surface area contributed by atoms with Crippen LogP contribution in [0.2, 0.25) is 0 Å². The molecule has 2 aromatic heterocycles. The maximum absolute atomic E-state index is 13.0. The highest BCUT2D eigenvalue weighted by Gasteiger charge is 2.31. The summed E-state index contributed by atoms with van der Waals surface area (Å²) < 4.78 is 5.32. The van der Waals surface area contributed by atoms with Crippen molar-refractivity contribution >= 4 is 11.7 Å². The molecular weight excluding hydrogens is 412 g/mol. The predicted molar refractivity (Wildman–Crippen MR) is 129 cm³/mol. The number of anilines is 1. The van der Waals surface area contributed by atoms with Crippen molar-refractivity contribution < 1.29 is 9.21 Å². The third-order valence-corrected chi connectivity index (χ3v) is 6.34. The van der Waals surface area contributed by atoms with Crippen LogP contribution in [0.4, 0.5) is 5.82 Å². The van der Waals surface area contributed by atoms with Crippen molar-refractivity contribution in [3.05, 3.63) is 70.8 Å². The largest absolute Gasteiger partial charge is 0.469 e. The van der Waals surface area contributed by atoms with Gasteiger partial charge in [-0.2, -0.15) is 5.26 Å². The molecule has 3 aromatic rings. The predicted octanol–water partition coefficient (Wildman–Crippen LogP) is 5.30. The van der Waals surface area contributed by atoms with Gasteiger partial charge in [-0.05, 0) is 44.4 Å². The van der Waals surface area contributed by atoms with Crippen LogP contribution in [-0.4, -0.2) is 41.5 Å². The van der Waals surface area contributed by atoms with Gasteiger partial charge in [0.05, 0.1) is 23.1 Å². The normalized spacial score (nSPS) is 16.2. The Hall–Kier alpha value is -3.59. The summed E-state index contributed by atoms with van der Waals surface area (Å²) in [7, 11) is 0. The maximum Gasteiger partial charge on any atom is 0.257 e. The van der Waals surface area contributed by atoms with Crippen molar-refractivity contribution in [2.24, 2.45) is 0 Å². The van der Waals surface area contributed by atoms with E-state index >= 15 is 0 Å². The molecule has 6 nitrogen and oxygen atoms in total. The Morgan fingerprint density at radius 1 is 1.18 bits per heavy atom. The standard InChI is InChI=1S/C27H30N4O2/c1-17(2)25-24(21-8-6-18(3)7-9-21)14-22(15-28)26(29-25)30-11-12-31(19(4)16-30)27(32)23-10-13-33-20(23)5/h6-10,13-14,17,19H,11-12,16H2,1-5H3/t19-/m1/s1. The molecule has 0 aliphatic carbocycles. The SMILES string of the molecule is Cc1ccc(-c2cc(C#N)c(N3CCN(C(=O)c4ccoc4C)[C@H](C)C3)nc2C(C)C)cc1. The number of amides is 1. The Morgan fingerprint density at radius 2 is 1.91 bits per heavy atom. The summed E-state index contributed by atoms with van der Waals surface area (Å²) in [6.07, 6.45) is 1.55. The summed E-state index contributed by atoms with van der Waals surface area (Å²) in [6.45, 7) is 12.0. The fourth-order valence-corrected chi connectivity index (χ4v) is 4.46. The number of nitrogens with zero attached hydrogens (tertiary/aromatic N) is 4. The number of benzene rings is 1. The second kappa shape index (κ2) is 9.11. The lowest BCUT2D eigenvalue weighted by Gasteiger charge is -2.40. The Morgan fingerprint density at radius 3 is 2.48 bits per heavy atom. The number of nitriles is 1. The molecule has 6 heteroatoms. The number of furan rings is 1. The summed E-state index contributed by atoms with van der Waals surface area (Å²) in [5.41, 5.74) is 5.42. The summed E-state index contributed by atoms with van der Waals surface area (Å²) in [5, 5.41) is 9.96. The van der Waals surface area contributed by atoms with Crippen LogP contribution in [-0.2, 0) is 0 Å². The van der Waals surface area contributed by atoms with Crippen molar-refractivity contribution in [2.45, 2.75) is 46.6 Å². The summed E-state index contributed by atoms with van der Waals surface area (Å²) >= 11 is 0. The van der Waals surface area contributed by atoms with Crippen molar-refractivity contribution in [2.75, 3.05) is 24.5 Å². The molecule has 0 spiro atoms. The number of carbonyl (C=O) groups excluding carboxylic acids is 1. The lowest BCUT2D eigenvalue weighted by atomic mass is 9.95. The van der Waals surface area contributed by atoms with E-state index in [1.165, 1.54) is 5.56 Å². The van der Waals surface area contributed by atoms with E-state index in [1.807, 2.05) is 17.9 Å². The zero-order valence-corrected chi connectivity index (χ0v) is 19.9. The summed E-state index contributed by atoms with van der Waals surface area (Å²) in [4.78, 5) is 22.0. The van der Waals surface area contributed by atoms with Gasteiger partial charge in [0.25, 0.3) is 5.91 Å². The molecule has 33 heavy (non-hydrogen) atoms. The molecule has 0 radical (unpaired) electrons. The van der Waals surface area contributed by atoms with Crippen LogP contribution in [0.15, 0.2) is 47.1 Å². The Balaban J connectivity index is 1.65. The van der Waals surface area contributed by atoms with Gasteiger partial charge in [0.2, 0.25) is 0 Å². The fraction of sp³-hybridized carbons (Fsp3) is 0.370. The third kappa shape index (κ3) is 4.36. The van der Waals surface area contributed by atoms with Crippen LogP contribution in [0.1, 0.15) is 59.6 Å². The number of carbonyl (C=O) groups is 1. The van der Waals surface area contributed by atoms with Crippen LogP contribution >= 0.6 is 0 Å². The molecule has 1 aromatic carbocycles. The lowest BCUT2D eigenvalue weighted by molar-refractivity contribution is 0.0672. The van der Waals surface area contributed by atoms with Crippen LogP contribution in [0.5, 0.6) is 0 Å². The Labute approximate surface area is 195 Å². The summed E-state index contributed by atoms with van der Waals surface area (Å²) in [6, 6.07) is 14.4. The van der Waals surface area contributed by atoms with Crippen LogP contribution in [0.25, 0.3) is 11.1 Å². The van der Waals surface area contributed by atoms with Gasteiger partial charge in [0.1, 0.15) is 17.6 Å². The van der Waals surface area contributed by atoms with Gasteiger partial charge in [-0.15, -0.1) is 0 Å². The van der Waals surface area contributed by atoms with E-state index in [2.05, 4.69) is 56.0 Å². The summed E-state index contributed by atoms with van der Waals surface area (Å²) in [5.74, 6) is 1.53. The maximum atomic E-state index is 13.0. The third-order valence-electron chi connectivity index (χ3n) is 6.34. The minimum Gasteiger partial charge on any atom is -0.469 e. The van der Waals surface area contributed by atoms with E-state index in [1.54, 1.807) is 19.3 Å². The number of hydrogen-bond acceptors (Lipinski definition) is 5. The molecule has 1 aliphatic heterocycles. The average molecular weight is 443 g/mol. The first-order valence-electron chi connectivity index (χ1n) is 11.4. The van der Waals surface area contributed by atoms with E-state index in [0.717, 1.165) is 16.8 Å². The van der Waals surface area contributed by atoms with Crippen molar-refractivity contribution in [3.63, 3.8) is 0 Å². The average Bonchev–Trinajstić information content (AvgIpc) is 3.24. The Kier molecular flexibility index (Phi) is 6.24. The lowest BCUT2D eigenvalue weighted by Crippen LogP contribution is -2.54. The topological polar surface area (TPSA) is 73.4 Å². The van der Waals surface area contributed by atoms with Gasteiger partial charge in [0.15, 0.2) is 0 Å². The first-order valence-corrected chi connectivity index (χ1v) is 11.4. The van der Waals surface area contributed by atoms with Gasteiger partial charge in [-0.25, -0.2) is 4.98 Å². The number of hydrogen-bond donors (Lipinski definition) is 0. The van der Waals surface area contributed by atoms with Crippen molar-refractivity contribution in [1.82, 2.24) is 9.88 Å². The molecule has 0 N–H and O–H groups in total. The number of piperazine rings is 1. The minimum atomic E-state index is -0.0202. The van der Waals surface area contributed by atoms with Gasteiger partial charge < -0.3 is 14.2 Å². The number of aromatic nitrogens is 1. The first kappa shape index (κ1) is 22.6. The van der Waals surface area contributed by atoms with E-state index in [9.17, 15) is 10.1 Å². The van der Waals surface area contributed by atoms with Crippen molar-refractivity contribution in [3.8, 4) is 17.2 Å². The molecule has 1 amide bonds. The molecule has 0 saturated carbocycles. The smallest absolute Gasteiger partial charge is 0.257 e. The highest BCUT2D eigenvalue weighted by Crippen LogP contribution is 2.33. The van der Waals surface area contributed by atoms with Crippen LogP contribution < -0.4 is 4.90 Å². The molecule has 0 bridgehead atoms. The molecule has 1 atom stereocenters. The van der Waals surface area contributed by atoms with Crippen LogP contribution in [0, 0.1) is 25.2 Å². The first-order chi connectivity index (χ1) is 15.8. The molecule has 170 valence electrons. The van der Waals surface area contributed by atoms with E-state index in [-0.39, 0.29) is 17.9 Å². The van der Waals surface area contributed by atoms with Crippen molar-refractivity contribution in [1.29, 1.82) is 5.26 Å². The van der Waals surface area contributed by atoms with Gasteiger partial charge in [-0.3, -0.25) is 4.79 Å². The Bertz CT molecular complexity index is 1200. The van der Waals surface area contributed by atoms with E-state index in [4.69, 9.17) is 9.40 Å². The molecule has 4 rings (SSSR count). The number of rotatable bonds is 4. The molecule has 0 unspecified atom stereocenters. The minimum absolute atomic E-state index is 0.0144. The quantitative estimate of drug-likeness (QED) is 0.548. The second-order valence-corrected chi connectivity index (χ2v) is 9.11.